The minimum absolute atomic E-state index is 0.0510. The van der Waals surface area contributed by atoms with E-state index in [-0.39, 0.29) is 11.3 Å². The Bertz CT molecular complexity index is 418. The smallest absolute Gasteiger partial charge is 0.415 e. The SMILES string of the molecule is C=C(/C(=C\C(=C)C(F)(F)F)OC)/C(C)=N/N=C\C. The Morgan fingerprint density at radius 1 is 1.28 bits per heavy atom. The normalized spacial score (nSPS) is 13.9. The molecule has 0 N–H and O–H groups in total. The first-order valence-corrected chi connectivity index (χ1v) is 4.97. The molecule has 0 saturated heterocycles. The molecule has 0 aromatic rings. The molecule has 3 nitrogen and oxygen atoms in total. The average Bonchev–Trinajstić information content (AvgIpc) is 2.30. The first kappa shape index (κ1) is 16.1. The van der Waals surface area contributed by atoms with Gasteiger partial charge in [-0.2, -0.15) is 23.4 Å². The van der Waals surface area contributed by atoms with Crippen molar-refractivity contribution in [2.24, 2.45) is 10.2 Å². The summed E-state index contributed by atoms with van der Waals surface area (Å²) < 4.78 is 41.8. The number of methoxy groups -OCH3 is 1. The summed E-state index contributed by atoms with van der Waals surface area (Å²) >= 11 is 0. The van der Waals surface area contributed by atoms with Gasteiger partial charge in [0.15, 0.2) is 0 Å². The average molecular weight is 260 g/mol. The summed E-state index contributed by atoms with van der Waals surface area (Å²) in [6, 6.07) is 0. The van der Waals surface area contributed by atoms with Crippen LogP contribution in [0.4, 0.5) is 13.2 Å². The Morgan fingerprint density at radius 2 is 1.83 bits per heavy atom. The molecular weight excluding hydrogens is 245 g/mol. The van der Waals surface area contributed by atoms with Crippen molar-refractivity contribution in [3.8, 4) is 0 Å². The van der Waals surface area contributed by atoms with Gasteiger partial charge in [0.1, 0.15) is 5.76 Å². The van der Waals surface area contributed by atoms with Crippen LogP contribution in [0.1, 0.15) is 13.8 Å². The molecule has 0 saturated carbocycles. The molecule has 0 rings (SSSR count). The molecule has 0 spiro atoms. The minimum Gasteiger partial charge on any atom is -0.496 e. The van der Waals surface area contributed by atoms with Gasteiger partial charge < -0.3 is 4.74 Å². The summed E-state index contributed by atoms with van der Waals surface area (Å²) in [7, 11) is 1.25. The molecule has 0 radical (unpaired) electrons. The van der Waals surface area contributed by atoms with E-state index in [1.165, 1.54) is 13.3 Å². The molecule has 0 aromatic carbocycles. The number of nitrogens with zero attached hydrogens (tertiary/aromatic N) is 2. The number of rotatable bonds is 5. The van der Waals surface area contributed by atoms with Crippen LogP contribution in [0.25, 0.3) is 0 Å². The highest BCUT2D eigenvalue weighted by molar-refractivity contribution is 6.01. The van der Waals surface area contributed by atoms with Gasteiger partial charge in [0.25, 0.3) is 0 Å². The van der Waals surface area contributed by atoms with Gasteiger partial charge in [-0.25, -0.2) is 0 Å². The van der Waals surface area contributed by atoms with Crippen molar-refractivity contribution < 1.29 is 17.9 Å². The van der Waals surface area contributed by atoms with E-state index in [2.05, 4.69) is 23.4 Å². The third kappa shape index (κ3) is 4.99. The zero-order valence-electron chi connectivity index (χ0n) is 10.5. The van der Waals surface area contributed by atoms with E-state index in [9.17, 15) is 13.2 Å². The molecule has 0 aliphatic heterocycles. The zero-order valence-corrected chi connectivity index (χ0v) is 10.5. The van der Waals surface area contributed by atoms with Crippen LogP contribution in [-0.4, -0.2) is 25.2 Å². The third-order valence-electron chi connectivity index (χ3n) is 1.95. The van der Waals surface area contributed by atoms with Crippen LogP contribution in [0.3, 0.4) is 0 Å². The third-order valence-corrected chi connectivity index (χ3v) is 1.95. The van der Waals surface area contributed by atoms with Gasteiger partial charge in [-0.15, -0.1) is 0 Å². The van der Waals surface area contributed by atoms with Crippen molar-refractivity contribution in [1.82, 2.24) is 0 Å². The Labute approximate surface area is 104 Å². The fourth-order valence-electron chi connectivity index (χ4n) is 0.892. The second-order valence-corrected chi connectivity index (χ2v) is 3.27. The summed E-state index contributed by atoms with van der Waals surface area (Å²) in [5.41, 5.74) is -0.447. The molecule has 100 valence electrons. The molecule has 0 aliphatic rings. The molecule has 0 heterocycles. The fourth-order valence-corrected chi connectivity index (χ4v) is 0.892. The van der Waals surface area contributed by atoms with Gasteiger partial charge in [-0.3, -0.25) is 0 Å². The van der Waals surface area contributed by atoms with Gasteiger partial charge in [0.2, 0.25) is 0 Å². The predicted octanol–water partition coefficient (Wildman–Crippen LogP) is 3.66. The maximum atomic E-state index is 12.3. The van der Waals surface area contributed by atoms with Crippen molar-refractivity contribution in [1.29, 1.82) is 0 Å². The number of allylic oxidation sites excluding steroid dienone is 3. The second-order valence-electron chi connectivity index (χ2n) is 3.27. The Kier molecular flexibility index (Phi) is 6.08. The second kappa shape index (κ2) is 6.78. The lowest BCUT2D eigenvalue weighted by atomic mass is 10.1. The van der Waals surface area contributed by atoms with E-state index in [1.54, 1.807) is 13.8 Å². The first-order chi connectivity index (χ1) is 8.23. The number of hydrogen-bond donors (Lipinski definition) is 0. The van der Waals surface area contributed by atoms with Crippen LogP contribution >= 0.6 is 0 Å². The van der Waals surface area contributed by atoms with Crippen molar-refractivity contribution in [2.45, 2.75) is 20.0 Å². The molecule has 0 aliphatic carbocycles. The molecule has 0 bridgehead atoms. The van der Waals surface area contributed by atoms with Gasteiger partial charge >= 0.3 is 6.18 Å². The van der Waals surface area contributed by atoms with E-state index in [0.717, 1.165) is 6.08 Å². The highest BCUT2D eigenvalue weighted by Gasteiger charge is 2.31. The van der Waals surface area contributed by atoms with Gasteiger partial charge in [0.05, 0.1) is 18.4 Å². The predicted molar refractivity (Wildman–Crippen MR) is 66.7 cm³/mol. The fraction of sp³-hybridized carbons (Fsp3) is 0.333. The number of alkyl halides is 3. The van der Waals surface area contributed by atoms with Crippen molar-refractivity contribution in [3.05, 3.63) is 36.1 Å². The van der Waals surface area contributed by atoms with Crippen LogP contribution in [0, 0.1) is 0 Å². The van der Waals surface area contributed by atoms with Crippen LogP contribution in [0.5, 0.6) is 0 Å². The quantitative estimate of drug-likeness (QED) is 0.321. The summed E-state index contributed by atoms with van der Waals surface area (Å²) in [4.78, 5) is 0. The lowest BCUT2D eigenvalue weighted by Gasteiger charge is -2.11. The largest absolute Gasteiger partial charge is 0.496 e. The molecule has 0 atom stereocenters. The number of hydrogen-bond acceptors (Lipinski definition) is 3. The summed E-state index contributed by atoms with van der Waals surface area (Å²) in [6.45, 7) is 9.77. The van der Waals surface area contributed by atoms with Crippen molar-refractivity contribution in [3.63, 3.8) is 0 Å². The topological polar surface area (TPSA) is 34.0 Å². The standard InChI is InChI=1S/C12H15F3N2O/c1-6-16-17-10(4)9(3)11(18-5)7-8(2)12(13,14)15/h6-7H,2-3H2,1,4-5H3/b11-7+,16-6-,17-10+. The summed E-state index contributed by atoms with van der Waals surface area (Å²) in [5.74, 6) is -0.0510. The molecule has 0 fully saturated rings. The maximum Gasteiger partial charge on any atom is 0.415 e. The molecule has 0 amide bonds. The lowest BCUT2D eigenvalue weighted by Crippen LogP contribution is -2.11. The molecular formula is C12H15F3N2O. The van der Waals surface area contributed by atoms with E-state index < -0.39 is 11.7 Å². The summed E-state index contributed by atoms with van der Waals surface area (Å²) in [5, 5.41) is 7.35. The van der Waals surface area contributed by atoms with Gasteiger partial charge in [0, 0.05) is 11.8 Å². The molecule has 6 heteroatoms. The van der Waals surface area contributed by atoms with Crippen molar-refractivity contribution in [2.75, 3.05) is 7.11 Å². The Balaban J connectivity index is 5.17. The highest BCUT2D eigenvalue weighted by Crippen LogP contribution is 2.27. The van der Waals surface area contributed by atoms with Gasteiger partial charge in [-0.1, -0.05) is 13.2 Å². The summed E-state index contributed by atoms with van der Waals surface area (Å²) in [6.07, 6.45) is -2.28. The van der Waals surface area contributed by atoms with E-state index in [0.29, 0.717) is 5.71 Å². The minimum atomic E-state index is -4.50. The molecule has 0 aromatic heterocycles. The van der Waals surface area contributed by atoms with Crippen LogP contribution in [-0.2, 0) is 4.74 Å². The van der Waals surface area contributed by atoms with E-state index in [1.807, 2.05) is 0 Å². The number of ether oxygens (including phenoxy) is 1. The monoisotopic (exact) mass is 260 g/mol. The van der Waals surface area contributed by atoms with E-state index in [4.69, 9.17) is 4.74 Å². The molecule has 18 heavy (non-hydrogen) atoms. The van der Waals surface area contributed by atoms with E-state index >= 15 is 0 Å². The Hall–Kier alpha value is -1.85. The van der Waals surface area contributed by atoms with Crippen LogP contribution in [0.2, 0.25) is 0 Å². The zero-order chi connectivity index (χ0) is 14.3. The number of halogens is 3. The van der Waals surface area contributed by atoms with Crippen LogP contribution < -0.4 is 0 Å². The molecule has 0 unspecified atom stereocenters. The van der Waals surface area contributed by atoms with Crippen molar-refractivity contribution >= 4 is 11.9 Å². The van der Waals surface area contributed by atoms with Gasteiger partial charge in [-0.05, 0) is 19.9 Å². The lowest BCUT2D eigenvalue weighted by molar-refractivity contribution is -0.0880. The Morgan fingerprint density at radius 3 is 2.22 bits per heavy atom. The maximum absolute atomic E-state index is 12.3. The van der Waals surface area contributed by atoms with Crippen LogP contribution in [0.15, 0.2) is 46.3 Å². The first-order valence-electron chi connectivity index (χ1n) is 4.97. The highest BCUT2D eigenvalue weighted by atomic mass is 19.4.